The summed E-state index contributed by atoms with van der Waals surface area (Å²) in [5.41, 5.74) is 1.43. The maximum absolute atomic E-state index is 11.8. The average Bonchev–Trinajstić information content (AvgIpc) is 3.36. The predicted molar refractivity (Wildman–Crippen MR) is 95.3 cm³/mol. The van der Waals surface area contributed by atoms with Gasteiger partial charge in [-0.15, -0.1) is 0 Å². The lowest BCUT2D eigenvalue weighted by Gasteiger charge is -2.04. The summed E-state index contributed by atoms with van der Waals surface area (Å²) in [4.78, 5) is 31.7. The Kier molecular flexibility index (Phi) is 6.05. The van der Waals surface area contributed by atoms with Crippen LogP contribution in [0.4, 0.5) is 0 Å². The van der Waals surface area contributed by atoms with E-state index in [1.807, 2.05) is 5.38 Å². The van der Waals surface area contributed by atoms with E-state index < -0.39 is 0 Å². The van der Waals surface area contributed by atoms with Crippen molar-refractivity contribution < 1.29 is 14.1 Å². The van der Waals surface area contributed by atoms with Gasteiger partial charge in [0.15, 0.2) is 0 Å². The number of hydrogen-bond acceptors (Lipinski definition) is 7. The lowest BCUT2D eigenvalue weighted by atomic mass is 10.2. The number of carbonyl (C=O) groups is 2. The summed E-state index contributed by atoms with van der Waals surface area (Å²) >= 11 is 1.47. The highest BCUT2D eigenvalue weighted by Gasteiger charge is 2.10. The van der Waals surface area contributed by atoms with Crippen LogP contribution >= 0.6 is 11.3 Å². The lowest BCUT2D eigenvalue weighted by molar-refractivity contribution is -0.121. The van der Waals surface area contributed by atoms with Crippen molar-refractivity contribution >= 4 is 23.2 Å². The molecule has 9 heteroatoms. The molecule has 0 aliphatic rings. The summed E-state index contributed by atoms with van der Waals surface area (Å²) < 4.78 is 5.12. The van der Waals surface area contributed by atoms with Crippen LogP contribution < -0.4 is 10.6 Å². The quantitative estimate of drug-likeness (QED) is 0.586. The molecule has 26 heavy (non-hydrogen) atoms. The Morgan fingerprint density at radius 3 is 2.77 bits per heavy atom. The summed E-state index contributed by atoms with van der Waals surface area (Å²) in [6.45, 7) is 0.604. The summed E-state index contributed by atoms with van der Waals surface area (Å²) in [6, 6.07) is 5.31. The fourth-order valence-electron chi connectivity index (χ4n) is 2.15. The predicted octanol–water partition coefficient (Wildman–Crippen LogP) is 2.02. The maximum atomic E-state index is 11.8. The Balaban J connectivity index is 1.35. The molecule has 2 amide bonds. The van der Waals surface area contributed by atoms with E-state index in [4.69, 9.17) is 4.52 Å². The number of carbonyl (C=O) groups excluding carboxylic acids is 2. The summed E-state index contributed by atoms with van der Waals surface area (Å²) in [6.07, 6.45) is 4.14. The van der Waals surface area contributed by atoms with Gasteiger partial charge in [-0.3, -0.25) is 14.6 Å². The smallest absolute Gasteiger partial charge is 0.252 e. The third-order valence-corrected chi connectivity index (χ3v) is 4.18. The van der Waals surface area contributed by atoms with Crippen LogP contribution in [-0.2, 0) is 11.3 Å². The molecule has 0 aliphatic heterocycles. The second-order valence-electron chi connectivity index (χ2n) is 5.40. The number of aromatic nitrogens is 3. The van der Waals surface area contributed by atoms with E-state index in [0.717, 1.165) is 5.56 Å². The van der Waals surface area contributed by atoms with Crippen molar-refractivity contribution in [2.75, 3.05) is 6.54 Å². The molecule has 0 unspecified atom stereocenters. The molecule has 0 aliphatic carbocycles. The number of amides is 2. The van der Waals surface area contributed by atoms with Crippen LogP contribution in [0.5, 0.6) is 0 Å². The van der Waals surface area contributed by atoms with Crippen molar-refractivity contribution in [1.29, 1.82) is 0 Å². The van der Waals surface area contributed by atoms with E-state index in [2.05, 4.69) is 25.8 Å². The van der Waals surface area contributed by atoms with Crippen LogP contribution in [0.1, 0.15) is 29.1 Å². The molecule has 0 bridgehead atoms. The monoisotopic (exact) mass is 371 g/mol. The number of nitrogens with one attached hydrogen (secondary N) is 2. The van der Waals surface area contributed by atoms with Crippen LogP contribution in [0.25, 0.3) is 11.4 Å². The Hall–Kier alpha value is -3.07. The van der Waals surface area contributed by atoms with Crippen molar-refractivity contribution in [3.05, 3.63) is 52.8 Å². The molecule has 3 aromatic heterocycles. The molecule has 3 rings (SSSR count). The van der Waals surface area contributed by atoms with Crippen LogP contribution in [0.15, 0.2) is 45.9 Å². The van der Waals surface area contributed by atoms with Gasteiger partial charge in [0, 0.05) is 41.9 Å². The molecule has 0 atom stereocenters. The molecule has 8 nitrogen and oxygen atoms in total. The molecule has 0 aromatic carbocycles. The lowest BCUT2D eigenvalue weighted by Crippen LogP contribution is -2.27. The number of nitrogens with zero attached hydrogens (tertiary/aromatic N) is 3. The molecule has 0 saturated heterocycles. The molecule has 134 valence electrons. The minimum Gasteiger partial charge on any atom is -0.352 e. The van der Waals surface area contributed by atoms with E-state index in [-0.39, 0.29) is 18.4 Å². The summed E-state index contributed by atoms with van der Waals surface area (Å²) in [5, 5.41) is 13.0. The Morgan fingerprint density at radius 1 is 1.15 bits per heavy atom. The normalized spacial score (nSPS) is 10.5. The van der Waals surface area contributed by atoms with Crippen molar-refractivity contribution in [2.45, 2.75) is 19.4 Å². The fourth-order valence-corrected chi connectivity index (χ4v) is 2.79. The molecule has 3 heterocycles. The molecule has 2 N–H and O–H groups in total. The number of rotatable bonds is 8. The largest absolute Gasteiger partial charge is 0.352 e. The highest BCUT2D eigenvalue weighted by Crippen LogP contribution is 2.13. The molecule has 0 radical (unpaired) electrons. The summed E-state index contributed by atoms with van der Waals surface area (Å²) in [7, 11) is 0. The molecule has 0 spiro atoms. The first-order chi connectivity index (χ1) is 12.7. The van der Waals surface area contributed by atoms with Crippen molar-refractivity contribution in [3.8, 4) is 11.4 Å². The third-order valence-electron chi connectivity index (χ3n) is 3.49. The molecular weight excluding hydrogens is 354 g/mol. The second-order valence-corrected chi connectivity index (χ2v) is 6.18. The van der Waals surface area contributed by atoms with Crippen LogP contribution in [0.3, 0.4) is 0 Å². The number of hydrogen-bond donors (Lipinski definition) is 2. The average molecular weight is 371 g/mol. The van der Waals surface area contributed by atoms with Crippen molar-refractivity contribution in [3.63, 3.8) is 0 Å². The summed E-state index contributed by atoms with van der Waals surface area (Å²) in [5.74, 6) is 0.517. The Bertz CT molecular complexity index is 848. The van der Waals surface area contributed by atoms with Gasteiger partial charge in [-0.2, -0.15) is 16.3 Å². The van der Waals surface area contributed by atoms with Gasteiger partial charge in [0.25, 0.3) is 5.91 Å². The first kappa shape index (κ1) is 17.7. The molecule has 0 saturated carbocycles. The minimum atomic E-state index is -0.140. The highest BCUT2D eigenvalue weighted by molar-refractivity contribution is 7.08. The van der Waals surface area contributed by atoms with Crippen molar-refractivity contribution in [1.82, 2.24) is 25.8 Å². The highest BCUT2D eigenvalue weighted by atomic mass is 32.1. The second kappa shape index (κ2) is 8.86. The standard InChI is InChI=1S/C17H17N5O3S/c23-14(2-1-6-19-17(24)13-5-9-26-11-13)20-10-15-21-16(22-25-15)12-3-7-18-8-4-12/h3-5,7-9,11H,1-2,6,10H2,(H,19,24)(H,20,23). The van der Waals surface area contributed by atoms with Crippen LogP contribution in [0, 0.1) is 0 Å². The maximum Gasteiger partial charge on any atom is 0.252 e. The van der Waals surface area contributed by atoms with Gasteiger partial charge >= 0.3 is 0 Å². The molecule has 3 aromatic rings. The van der Waals surface area contributed by atoms with E-state index >= 15 is 0 Å². The Labute approximate surface area is 153 Å². The fraction of sp³-hybridized carbons (Fsp3) is 0.235. The molecule has 0 fully saturated rings. The van der Waals surface area contributed by atoms with E-state index in [9.17, 15) is 9.59 Å². The zero-order valence-corrected chi connectivity index (χ0v) is 14.7. The van der Waals surface area contributed by atoms with Gasteiger partial charge < -0.3 is 15.2 Å². The van der Waals surface area contributed by atoms with Gasteiger partial charge in [0.1, 0.15) is 0 Å². The first-order valence-corrected chi connectivity index (χ1v) is 8.97. The first-order valence-electron chi connectivity index (χ1n) is 8.02. The minimum absolute atomic E-state index is 0.124. The van der Waals surface area contributed by atoms with Gasteiger partial charge in [0.05, 0.1) is 6.54 Å². The van der Waals surface area contributed by atoms with Gasteiger partial charge in [-0.25, -0.2) is 0 Å². The van der Waals surface area contributed by atoms with Gasteiger partial charge in [-0.05, 0) is 30.0 Å². The van der Waals surface area contributed by atoms with E-state index in [0.29, 0.717) is 36.7 Å². The number of pyridine rings is 1. The van der Waals surface area contributed by atoms with E-state index in [1.54, 1.807) is 36.0 Å². The molecular formula is C17H17N5O3S. The van der Waals surface area contributed by atoms with Crippen molar-refractivity contribution in [2.24, 2.45) is 0 Å². The van der Waals surface area contributed by atoms with Gasteiger partial charge in [-0.1, -0.05) is 5.16 Å². The number of thiophene rings is 1. The zero-order chi connectivity index (χ0) is 18.2. The third kappa shape index (κ3) is 4.96. The Morgan fingerprint density at radius 2 is 2.00 bits per heavy atom. The topological polar surface area (TPSA) is 110 Å². The van der Waals surface area contributed by atoms with E-state index in [1.165, 1.54) is 11.3 Å². The SMILES string of the molecule is O=C(CCCNC(=O)c1ccsc1)NCc1nc(-c2ccncc2)no1. The van der Waals surface area contributed by atoms with Crippen LogP contribution in [-0.4, -0.2) is 33.5 Å². The van der Waals surface area contributed by atoms with Gasteiger partial charge in [0.2, 0.25) is 17.6 Å². The zero-order valence-electron chi connectivity index (χ0n) is 13.8. The van der Waals surface area contributed by atoms with Crippen LogP contribution in [0.2, 0.25) is 0 Å².